The van der Waals surface area contributed by atoms with E-state index in [-0.39, 0.29) is 0 Å². The first-order valence-corrected chi connectivity index (χ1v) is 6.49. The van der Waals surface area contributed by atoms with E-state index in [0.29, 0.717) is 0 Å². The van der Waals surface area contributed by atoms with Gasteiger partial charge in [-0.2, -0.15) is 5.10 Å². The molecule has 0 saturated heterocycles. The highest BCUT2D eigenvalue weighted by Crippen LogP contribution is 2.18. The van der Waals surface area contributed by atoms with Gasteiger partial charge in [-0.25, -0.2) is 0 Å². The van der Waals surface area contributed by atoms with Crippen molar-refractivity contribution in [3.05, 3.63) is 41.2 Å². The van der Waals surface area contributed by atoms with Crippen LogP contribution in [0.1, 0.15) is 17.0 Å². The quantitative estimate of drug-likeness (QED) is 0.915. The highest BCUT2D eigenvalue weighted by molar-refractivity contribution is 5.54. The Labute approximate surface area is 115 Å². The number of aromatic nitrogens is 2. The summed E-state index contributed by atoms with van der Waals surface area (Å²) in [5.74, 6) is 0. The molecule has 0 amide bonds. The molecule has 0 aliphatic carbocycles. The average Bonchev–Trinajstić information content (AvgIpc) is 2.62. The Hall–Kier alpha value is -1.97. The average molecular weight is 258 g/mol. The van der Waals surface area contributed by atoms with Gasteiger partial charge < -0.3 is 10.2 Å². The Bertz CT molecular complexity index is 552. The summed E-state index contributed by atoms with van der Waals surface area (Å²) in [6, 6.07) is 8.45. The Morgan fingerprint density at radius 3 is 2.26 bits per heavy atom. The van der Waals surface area contributed by atoms with Crippen LogP contribution < -0.4 is 10.2 Å². The van der Waals surface area contributed by atoms with Crippen molar-refractivity contribution in [3.8, 4) is 0 Å². The highest BCUT2D eigenvalue weighted by Gasteiger charge is 2.08. The number of hydrogen-bond acceptors (Lipinski definition) is 3. The first kappa shape index (κ1) is 13.5. The van der Waals surface area contributed by atoms with Crippen LogP contribution in [0.15, 0.2) is 24.3 Å². The largest absolute Gasteiger partial charge is 0.381 e. The van der Waals surface area contributed by atoms with Crippen molar-refractivity contribution in [2.45, 2.75) is 20.4 Å². The van der Waals surface area contributed by atoms with Gasteiger partial charge in [-0.05, 0) is 38.1 Å². The van der Waals surface area contributed by atoms with Crippen molar-refractivity contribution in [1.82, 2.24) is 9.78 Å². The number of benzene rings is 1. The van der Waals surface area contributed by atoms with E-state index < -0.39 is 0 Å². The fourth-order valence-electron chi connectivity index (χ4n) is 2.14. The lowest BCUT2D eigenvalue weighted by Gasteiger charge is -2.13. The number of nitrogens with zero attached hydrogens (tertiary/aromatic N) is 3. The normalized spacial score (nSPS) is 10.6. The number of nitrogens with one attached hydrogen (secondary N) is 1. The zero-order valence-electron chi connectivity index (χ0n) is 12.4. The molecular weight excluding hydrogens is 236 g/mol. The summed E-state index contributed by atoms with van der Waals surface area (Å²) in [6.07, 6.45) is 0. The molecule has 0 aliphatic heterocycles. The lowest BCUT2D eigenvalue weighted by molar-refractivity contribution is 0.730. The maximum absolute atomic E-state index is 4.43. The molecule has 2 rings (SSSR count). The third kappa shape index (κ3) is 2.89. The maximum atomic E-state index is 4.43. The second kappa shape index (κ2) is 5.34. The van der Waals surface area contributed by atoms with E-state index in [1.165, 1.54) is 16.9 Å². The Kier molecular flexibility index (Phi) is 3.79. The van der Waals surface area contributed by atoms with E-state index in [1.54, 1.807) is 0 Å². The van der Waals surface area contributed by atoms with Gasteiger partial charge in [0.25, 0.3) is 0 Å². The summed E-state index contributed by atoms with van der Waals surface area (Å²) in [4.78, 5) is 2.10. The fourth-order valence-corrected chi connectivity index (χ4v) is 2.14. The molecule has 0 spiro atoms. The summed E-state index contributed by atoms with van der Waals surface area (Å²) in [7, 11) is 6.08. The first-order chi connectivity index (χ1) is 8.99. The minimum atomic E-state index is 0.812. The molecule has 1 N–H and O–H groups in total. The number of rotatable bonds is 4. The van der Waals surface area contributed by atoms with E-state index in [1.807, 2.05) is 25.8 Å². The molecular formula is C15H22N4. The van der Waals surface area contributed by atoms with Crippen LogP contribution in [-0.2, 0) is 13.6 Å². The smallest absolute Gasteiger partial charge is 0.0646 e. The van der Waals surface area contributed by atoms with Gasteiger partial charge in [0.05, 0.1) is 5.69 Å². The molecule has 1 heterocycles. The summed E-state index contributed by atoms with van der Waals surface area (Å²) in [6.45, 7) is 4.97. The second-order valence-corrected chi connectivity index (χ2v) is 5.07. The van der Waals surface area contributed by atoms with Crippen LogP contribution in [0, 0.1) is 13.8 Å². The van der Waals surface area contributed by atoms with E-state index >= 15 is 0 Å². The van der Waals surface area contributed by atoms with Gasteiger partial charge in [0.1, 0.15) is 0 Å². The van der Waals surface area contributed by atoms with Crippen LogP contribution in [0.3, 0.4) is 0 Å². The Balaban J connectivity index is 2.06. The van der Waals surface area contributed by atoms with Gasteiger partial charge in [-0.15, -0.1) is 0 Å². The molecule has 0 unspecified atom stereocenters. The van der Waals surface area contributed by atoms with Gasteiger partial charge in [0.2, 0.25) is 0 Å². The van der Waals surface area contributed by atoms with Crippen molar-refractivity contribution in [1.29, 1.82) is 0 Å². The van der Waals surface area contributed by atoms with Crippen LogP contribution in [0.5, 0.6) is 0 Å². The minimum Gasteiger partial charge on any atom is -0.381 e. The predicted molar refractivity (Wildman–Crippen MR) is 80.8 cm³/mol. The summed E-state index contributed by atoms with van der Waals surface area (Å²) in [5.41, 5.74) is 5.93. The molecule has 19 heavy (non-hydrogen) atoms. The van der Waals surface area contributed by atoms with E-state index in [2.05, 4.69) is 53.4 Å². The van der Waals surface area contributed by atoms with Crippen molar-refractivity contribution < 1.29 is 0 Å². The molecule has 1 aromatic heterocycles. The first-order valence-electron chi connectivity index (χ1n) is 6.49. The third-order valence-corrected chi connectivity index (χ3v) is 3.51. The zero-order valence-corrected chi connectivity index (χ0v) is 12.4. The molecule has 0 atom stereocenters. The SMILES string of the molecule is Cc1nn(C)c(C)c1CNc1ccc(N(C)C)cc1. The minimum absolute atomic E-state index is 0.812. The van der Waals surface area contributed by atoms with E-state index in [0.717, 1.165) is 17.9 Å². The van der Waals surface area contributed by atoms with Gasteiger partial charge in [0.15, 0.2) is 0 Å². The lowest BCUT2D eigenvalue weighted by Crippen LogP contribution is -2.08. The summed E-state index contributed by atoms with van der Waals surface area (Å²) in [5, 5.41) is 7.88. The number of hydrogen-bond donors (Lipinski definition) is 1. The maximum Gasteiger partial charge on any atom is 0.0646 e. The third-order valence-electron chi connectivity index (χ3n) is 3.51. The fraction of sp³-hybridized carbons (Fsp3) is 0.400. The van der Waals surface area contributed by atoms with Gasteiger partial charge in [0, 0.05) is 50.3 Å². The van der Waals surface area contributed by atoms with Crippen LogP contribution in [0.2, 0.25) is 0 Å². The molecule has 4 nitrogen and oxygen atoms in total. The van der Waals surface area contributed by atoms with E-state index in [9.17, 15) is 0 Å². The molecule has 102 valence electrons. The topological polar surface area (TPSA) is 33.1 Å². The highest BCUT2D eigenvalue weighted by atomic mass is 15.3. The van der Waals surface area contributed by atoms with Gasteiger partial charge in [-0.3, -0.25) is 4.68 Å². The van der Waals surface area contributed by atoms with Crippen LogP contribution >= 0.6 is 0 Å². The van der Waals surface area contributed by atoms with Crippen LogP contribution in [0.4, 0.5) is 11.4 Å². The molecule has 0 bridgehead atoms. The van der Waals surface area contributed by atoms with Crippen LogP contribution in [-0.4, -0.2) is 23.9 Å². The van der Waals surface area contributed by atoms with Crippen molar-refractivity contribution in [2.24, 2.45) is 7.05 Å². The van der Waals surface area contributed by atoms with E-state index in [4.69, 9.17) is 0 Å². The van der Waals surface area contributed by atoms with Crippen LogP contribution in [0.25, 0.3) is 0 Å². The second-order valence-electron chi connectivity index (χ2n) is 5.07. The number of anilines is 2. The van der Waals surface area contributed by atoms with Gasteiger partial charge in [-0.1, -0.05) is 0 Å². The molecule has 2 aromatic rings. The lowest BCUT2D eigenvalue weighted by atomic mass is 10.2. The molecule has 4 heteroatoms. The molecule has 0 radical (unpaired) electrons. The predicted octanol–water partition coefficient (Wildman–Crippen LogP) is 2.72. The summed E-state index contributed by atoms with van der Waals surface area (Å²) >= 11 is 0. The summed E-state index contributed by atoms with van der Waals surface area (Å²) < 4.78 is 1.93. The monoisotopic (exact) mass is 258 g/mol. The van der Waals surface area contributed by atoms with Gasteiger partial charge >= 0.3 is 0 Å². The van der Waals surface area contributed by atoms with Crippen molar-refractivity contribution in [2.75, 3.05) is 24.3 Å². The molecule has 0 aliphatic rings. The van der Waals surface area contributed by atoms with Crippen molar-refractivity contribution >= 4 is 11.4 Å². The number of aryl methyl sites for hydroxylation is 2. The molecule has 0 saturated carbocycles. The van der Waals surface area contributed by atoms with Crippen molar-refractivity contribution in [3.63, 3.8) is 0 Å². The Morgan fingerprint density at radius 2 is 1.79 bits per heavy atom. The Morgan fingerprint density at radius 1 is 1.16 bits per heavy atom. The molecule has 1 aromatic carbocycles. The zero-order chi connectivity index (χ0) is 14.0. The standard InChI is InChI=1S/C15H22N4/c1-11-15(12(2)19(5)17-11)10-16-13-6-8-14(9-7-13)18(3)4/h6-9,16H,10H2,1-5H3. The molecule has 0 fully saturated rings.